The van der Waals surface area contributed by atoms with Crippen molar-refractivity contribution in [1.29, 1.82) is 0 Å². The Labute approximate surface area is 133 Å². The molecule has 3 heteroatoms. The normalized spacial score (nSPS) is 12.0. The van der Waals surface area contributed by atoms with Gasteiger partial charge in [-0.25, -0.2) is 0 Å². The molecule has 0 aliphatic rings. The van der Waals surface area contributed by atoms with Crippen LogP contribution in [0.3, 0.4) is 0 Å². The van der Waals surface area contributed by atoms with Crippen LogP contribution in [0.4, 0.5) is 0 Å². The highest BCUT2D eigenvalue weighted by Gasteiger charge is 2.25. The molecule has 0 aromatic heterocycles. The second-order valence-electron chi connectivity index (χ2n) is 6.34. The summed E-state index contributed by atoms with van der Waals surface area (Å²) in [4.78, 5) is 0. The van der Waals surface area contributed by atoms with E-state index in [-0.39, 0.29) is 6.61 Å². The third-order valence-corrected chi connectivity index (χ3v) is 4.40. The van der Waals surface area contributed by atoms with Crippen molar-refractivity contribution in [3.63, 3.8) is 0 Å². The Morgan fingerprint density at radius 3 is 1.76 bits per heavy atom. The summed E-state index contributed by atoms with van der Waals surface area (Å²) >= 11 is 0. The maximum absolute atomic E-state index is 8.85. The zero-order chi connectivity index (χ0) is 15.8. The van der Waals surface area contributed by atoms with Crippen LogP contribution in [-0.4, -0.2) is 55.6 Å². The summed E-state index contributed by atoms with van der Waals surface area (Å²) in [6, 6.07) is 0. The quantitative estimate of drug-likeness (QED) is 0.345. The van der Waals surface area contributed by atoms with Crippen molar-refractivity contribution in [3.05, 3.63) is 0 Å². The van der Waals surface area contributed by atoms with E-state index < -0.39 is 0 Å². The molecule has 0 unspecified atom stereocenters. The summed E-state index contributed by atoms with van der Waals surface area (Å²) < 4.78 is 6.79. The first-order valence-electron chi connectivity index (χ1n) is 9.28. The lowest BCUT2D eigenvalue weighted by atomic mass is 10.1. The molecule has 0 aliphatic heterocycles. The maximum atomic E-state index is 8.85. The SMILES string of the molecule is CCCCCC[N+](CCCC)(CCCC)CCOCCO. The van der Waals surface area contributed by atoms with Crippen molar-refractivity contribution in [1.82, 2.24) is 0 Å². The van der Waals surface area contributed by atoms with Crippen molar-refractivity contribution in [3.8, 4) is 0 Å². The second-order valence-corrected chi connectivity index (χ2v) is 6.34. The number of ether oxygens (including phenoxy) is 1. The topological polar surface area (TPSA) is 29.5 Å². The molecule has 0 rings (SSSR count). The van der Waals surface area contributed by atoms with Gasteiger partial charge < -0.3 is 14.3 Å². The molecule has 1 N–H and O–H groups in total. The zero-order valence-corrected chi connectivity index (χ0v) is 14.9. The van der Waals surface area contributed by atoms with Crippen LogP contribution in [0, 0.1) is 0 Å². The highest BCUT2D eigenvalue weighted by atomic mass is 16.5. The van der Waals surface area contributed by atoms with Gasteiger partial charge in [-0.15, -0.1) is 0 Å². The van der Waals surface area contributed by atoms with E-state index in [4.69, 9.17) is 9.84 Å². The van der Waals surface area contributed by atoms with Crippen molar-refractivity contribution >= 4 is 0 Å². The van der Waals surface area contributed by atoms with E-state index in [0.29, 0.717) is 6.61 Å². The van der Waals surface area contributed by atoms with Crippen LogP contribution in [0.25, 0.3) is 0 Å². The minimum Gasteiger partial charge on any atom is -0.394 e. The molecule has 0 aliphatic carbocycles. The molecular formula is C18H40NO2+. The Balaban J connectivity index is 4.43. The fourth-order valence-electron chi connectivity index (χ4n) is 2.96. The van der Waals surface area contributed by atoms with Gasteiger partial charge in [-0.1, -0.05) is 46.5 Å². The molecule has 3 nitrogen and oxygen atoms in total. The van der Waals surface area contributed by atoms with Crippen LogP contribution >= 0.6 is 0 Å². The van der Waals surface area contributed by atoms with Crippen molar-refractivity contribution in [2.45, 2.75) is 72.1 Å². The van der Waals surface area contributed by atoms with Crippen molar-refractivity contribution in [2.24, 2.45) is 0 Å². The predicted molar refractivity (Wildman–Crippen MR) is 91.6 cm³/mol. The van der Waals surface area contributed by atoms with Gasteiger partial charge in [0, 0.05) is 0 Å². The first-order valence-corrected chi connectivity index (χ1v) is 9.28. The average Bonchev–Trinajstić information content (AvgIpc) is 2.51. The Morgan fingerprint density at radius 2 is 1.24 bits per heavy atom. The summed E-state index contributed by atoms with van der Waals surface area (Å²) in [5, 5.41) is 8.85. The fraction of sp³-hybridized carbons (Fsp3) is 1.00. The van der Waals surface area contributed by atoms with E-state index in [1.54, 1.807) is 0 Å². The van der Waals surface area contributed by atoms with E-state index in [9.17, 15) is 0 Å². The third kappa shape index (κ3) is 11.1. The predicted octanol–water partition coefficient (Wildman–Crippen LogP) is 3.99. The third-order valence-electron chi connectivity index (χ3n) is 4.40. The van der Waals surface area contributed by atoms with Crippen LogP contribution in [0.1, 0.15) is 72.1 Å². The standard InChI is InChI=1S/C18H40NO2/c1-4-7-10-11-14-19(12-8-5-2,13-9-6-3)15-17-21-18-16-20/h20H,4-18H2,1-3H3/q+1. The van der Waals surface area contributed by atoms with Crippen LogP contribution in [0.5, 0.6) is 0 Å². The lowest BCUT2D eigenvalue weighted by molar-refractivity contribution is -0.929. The summed E-state index contributed by atoms with van der Waals surface area (Å²) in [7, 11) is 0. The molecule has 0 saturated carbocycles. The maximum Gasteiger partial charge on any atom is 0.102 e. The Hall–Kier alpha value is -0.120. The Kier molecular flexibility index (Phi) is 14.7. The van der Waals surface area contributed by atoms with Gasteiger partial charge in [0.15, 0.2) is 0 Å². The van der Waals surface area contributed by atoms with Gasteiger partial charge in [0.25, 0.3) is 0 Å². The molecule has 0 aromatic rings. The fourth-order valence-corrected chi connectivity index (χ4v) is 2.96. The molecule has 0 saturated heterocycles. The van der Waals surface area contributed by atoms with Gasteiger partial charge in [0.05, 0.1) is 39.5 Å². The molecule has 0 bridgehead atoms. The first kappa shape index (κ1) is 20.9. The van der Waals surface area contributed by atoms with E-state index in [1.165, 1.54) is 75.5 Å². The molecule has 0 atom stereocenters. The van der Waals surface area contributed by atoms with Crippen LogP contribution in [-0.2, 0) is 4.74 Å². The van der Waals surface area contributed by atoms with Crippen molar-refractivity contribution < 1.29 is 14.3 Å². The number of rotatable bonds is 16. The summed E-state index contributed by atoms with van der Waals surface area (Å²) in [5.41, 5.74) is 0. The average molecular weight is 303 g/mol. The highest BCUT2D eigenvalue weighted by Crippen LogP contribution is 2.15. The number of hydrogen-bond donors (Lipinski definition) is 1. The molecular weight excluding hydrogens is 262 g/mol. The van der Waals surface area contributed by atoms with E-state index >= 15 is 0 Å². The molecule has 0 fully saturated rings. The Bertz CT molecular complexity index is 187. The highest BCUT2D eigenvalue weighted by molar-refractivity contribution is 4.50. The van der Waals surface area contributed by atoms with Crippen LogP contribution in [0.15, 0.2) is 0 Å². The summed E-state index contributed by atoms with van der Waals surface area (Å²) in [6.45, 7) is 13.3. The summed E-state index contributed by atoms with van der Waals surface area (Å²) in [6.07, 6.45) is 10.6. The number of aliphatic hydroxyl groups excluding tert-OH is 1. The number of hydrogen-bond acceptors (Lipinski definition) is 2. The van der Waals surface area contributed by atoms with Gasteiger partial charge >= 0.3 is 0 Å². The molecule has 0 spiro atoms. The molecule has 21 heavy (non-hydrogen) atoms. The van der Waals surface area contributed by atoms with Gasteiger partial charge in [0.1, 0.15) is 6.54 Å². The molecule has 0 radical (unpaired) electrons. The number of unbranched alkanes of at least 4 members (excludes halogenated alkanes) is 5. The second kappa shape index (κ2) is 14.8. The van der Waals surface area contributed by atoms with E-state index in [0.717, 1.165) is 13.2 Å². The van der Waals surface area contributed by atoms with Gasteiger partial charge in [-0.3, -0.25) is 0 Å². The van der Waals surface area contributed by atoms with Gasteiger partial charge in [0.2, 0.25) is 0 Å². The molecule has 0 aromatic carbocycles. The largest absolute Gasteiger partial charge is 0.394 e. The molecule has 0 amide bonds. The summed E-state index contributed by atoms with van der Waals surface area (Å²) in [5.74, 6) is 0. The number of nitrogens with zero attached hydrogens (tertiary/aromatic N) is 1. The smallest absolute Gasteiger partial charge is 0.102 e. The van der Waals surface area contributed by atoms with E-state index in [2.05, 4.69) is 20.8 Å². The first-order chi connectivity index (χ1) is 10.2. The van der Waals surface area contributed by atoms with Crippen LogP contribution < -0.4 is 0 Å². The molecule has 0 heterocycles. The van der Waals surface area contributed by atoms with Gasteiger partial charge in [-0.05, 0) is 25.7 Å². The van der Waals surface area contributed by atoms with Gasteiger partial charge in [-0.2, -0.15) is 0 Å². The van der Waals surface area contributed by atoms with Crippen LogP contribution in [0.2, 0.25) is 0 Å². The number of quaternary nitrogens is 1. The lowest BCUT2D eigenvalue weighted by Crippen LogP contribution is -2.52. The number of aliphatic hydroxyl groups is 1. The molecule has 128 valence electrons. The van der Waals surface area contributed by atoms with E-state index in [1.807, 2.05) is 0 Å². The minimum absolute atomic E-state index is 0.139. The Morgan fingerprint density at radius 1 is 0.667 bits per heavy atom. The minimum atomic E-state index is 0.139. The lowest BCUT2D eigenvalue weighted by Gasteiger charge is -2.39. The van der Waals surface area contributed by atoms with Crippen molar-refractivity contribution in [2.75, 3.05) is 46.0 Å². The zero-order valence-electron chi connectivity index (χ0n) is 14.9. The monoisotopic (exact) mass is 302 g/mol.